The molecule has 0 spiro atoms. The summed E-state index contributed by atoms with van der Waals surface area (Å²) in [4.78, 5) is 2.59. The van der Waals surface area contributed by atoms with Crippen LogP contribution in [0.1, 0.15) is 40.5 Å². The van der Waals surface area contributed by atoms with Crippen molar-refractivity contribution in [3.05, 3.63) is 0 Å². The standard InChI is InChI=1S/C13H28N2O/c1-6-15(11-7-8-11)12(10-16-5)9-14-13(2,3)4/h11-12,14H,6-10H2,1-5H3. The molecule has 1 N–H and O–H groups in total. The number of likely N-dealkylation sites (N-methyl/N-ethyl adjacent to an activating group) is 1. The zero-order chi connectivity index (χ0) is 12.2. The van der Waals surface area contributed by atoms with E-state index in [0.29, 0.717) is 6.04 Å². The van der Waals surface area contributed by atoms with Gasteiger partial charge in [-0.15, -0.1) is 0 Å². The van der Waals surface area contributed by atoms with E-state index in [-0.39, 0.29) is 5.54 Å². The molecule has 1 atom stereocenters. The average molecular weight is 228 g/mol. The first-order valence-electron chi connectivity index (χ1n) is 6.47. The third-order valence-electron chi connectivity index (χ3n) is 3.08. The molecule has 3 heteroatoms. The lowest BCUT2D eigenvalue weighted by molar-refractivity contribution is 0.0836. The molecule has 0 amide bonds. The molecular formula is C13H28N2O. The molecule has 1 rings (SSSR count). The predicted molar refractivity (Wildman–Crippen MR) is 68.8 cm³/mol. The normalized spacial score (nSPS) is 19.1. The Morgan fingerprint density at radius 1 is 1.38 bits per heavy atom. The first-order chi connectivity index (χ1) is 7.48. The van der Waals surface area contributed by atoms with Crippen molar-refractivity contribution in [2.24, 2.45) is 0 Å². The zero-order valence-electron chi connectivity index (χ0n) is 11.5. The number of nitrogens with zero attached hydrogens (tertiary/aromatic N) is 1. The predicted octanol–water partition coefficient (Wildman–Crippen LogP) is 1.87. The van der Waals surface area contributed by atoms with Crippen LogP contribution < -0.4 is 5.32 Å². The van der Waals surface area contributed by atoms with Crippen molar-refractivity contribution >= 4 is 0 Å². The second kappa shape index (κ2) is 5.99. The molecule has 0 aliphatic heterocycles. The van der Waals surface area contributed by atoms with E-state index in [1.54, 1.807) is 7.11 Å². The monoisotopic (exact) mass is 228 g/mol. The van der Waals surface area contributed by atoms with Crippen molar-refractivity contribution in [2.45, 2.75) is 58.2 Å². The van der Waals surface area contributed by atoms with E-state index in [1.165, 1.54) is 12.8 Å². The van der Waals surface area contributed by atoms with Gasteiger partial charge < -0.3 is 10.1 Å². The summed E-state index contributed by atoms with van der Waals surface area (Å²) in [6.45, 7) is 11.9. The Hall–Kier alpha value is -0.120. The number of rotatable bonds is 7. The van der Waals surface area contributed by atoms with Crippen molar-refractivity contribution in [3.8, 4) is 0 Å². The summed E-state index contributed by atoms with van der Waals surface area (Å²) in [5.41, 5.74) is 0.189. The van der Waals surface area contributed by atoms with Crippen LogP contribution in [0.2, 0.25) is 0 Å². The molecule has 0 bridgehead atoms. The molecule has 1 aliphatic rings. The van der Waals surface area contributed by atoms with E-state index < -0.39 is 0 Å². The van der Waals surface area contributed by atoms with Gasteiger partial charge in [0.2, 0.25) is 0 Å². The molecule has 0 heterocycles. The van der Waals surface area contributed by atoms with Crippen molar-refractivity contribution in [1.82, 2.24) is 10.2 Å². The van der Waals surface area contributed by atoms with Gasteiger partial charge in [-0.05, 0) is 40.2 Å². The molecule has 0 saturated heterocycles. The summed E-state index contributed by atoms with van der Waals surface area (Å²) in [5.74, 6) is 0. The molecule has 1 saturated carbocycles. The molecule has 3 nitrogen and oxygen atoms in total. The van der Waals surface area contributed by atoms with Crippen molar-refractivity contribution in [3.63, 3.8) is 0 Å². The smallest absolute Gasteiger partial charge is 0.0630 e. The minimum Gasteiger partial charge on any atom is -0.383 e. The van der Waals surface area contributed by atoms with Gasteiger partial charge in [-0.2, -0.15) is 0 Å². The van der Waals surface area contributed by atoms with Crippen molar-refractivity contribution in [2.75, 3.05) is 26.8 Å². The van der Waals surface area contributed by atoms with E-state index in [2.05, 4.69) is 37.9 Å². The third kappa shape index (κ3) is 4.81. The average Bonchev–Trinajstić information content (AvgIpc) is 2.98. The Bertz CT molecular complexity index is 197. The zero-order valence-corrected chi connectivity index (χ0v) is 11.5. The van der Waals surface area contributed by atoms with Crippen LogP contribution in [-0.2, 0) is 4.74 Å². The summed E-state index contributed by atoms with van der Waals surface area (Å²) in [5, 5.41) is 3.58. The second-order valence-electron chi connectivity index (χ2n) is 5.80. The van der Waals surface area contributed by atoms with Gasteiger partial charge in [0.05, 0.1) is 6.61 Å². The molecular weight excluding hydrogens is 200 g/mol. The fraction of sp³-hybridized carbons (Fsp3) is 1.00. The van der Waals surface area contributed by atoms with E-state index >= 15 is 0 Å². The lowest BCUT2D eigenvalue weighted by Gasteiger charge is -2.33. The molecule has 1 aliphatic carbocycles. The van der Waals surface area contributed by atoms with Gasteiger partial charge in [-0.3, -0.25) is 4.90 Å². The van der Waals surface area contributed by atoms with Gasteiger partial charge in [0.15, 0.2) is 0 Å². The number of hydrogen-bond acceptors (Lipinski definition) is 3. The van der Waals surface area contributed by atoms with Crippen molar-refractivity contribution < 1.29 is 4.74 Å². The van der Waals surface area contributed by atoms with Gasteiger partial charge in [0, 0.05) is 31.3 Å². The van der Waals surface area contributed by atoms with E-state index in [4.69, 9.17) is 4.74 Å². The SMILES string of the molecule is CCN(C1CC1)C(CNC(C)(C)C)COC. The lowest BCUT2D eigenvalue weighted by Crippen LogP contribution is -2.50. The van der Waals surface area contributed by atoms with Crippen molar-refractivity contribution in [1.29, 1.82) is 0 Å². The minimum atomic E-state index is 0.189. The summed E-state index contributed by atoms with van der Waals surface area (Å²) < 4.78 is 5.35. The van der Waals surface area contributed by atoms with Gasteiger partial charge in [0.25, 0.3) is 0 Å². The topological polar surface area (TPSA) is 24.5 Å². The largest absolute Gasteiger partial charge is 0.383 e. The lowest BCUT2D eigenvalue weighted by atomic mass is 10.1. The highest BCUT2D eigenvalue weighted by molar-refractivity contribution is 4.89. The molecule has 1 fully saturated rings. The van der Waals surface area contributed by atoms with Crippen LogP contribution in [0.4, 0.5) is 0 Å². The van der Waals surface area contributed by atoms with E-state index in [9.17, 15) is 0 Å². The first kappa shape index (κ1) is 13.9. The van der Waals surface area contributed by atoms with Gasteiger partial charge >= 0.3 is 0 Å². The fourth-order valence-corrected chi connectivity index (χ4v) is 2.11. The summed E-state index contributed by atoms with van der Waals surface area (Å²) in [7, 11) is 1.80. The highest BCUT2D eigenvalue weighted by atomic mass is 16.5. The van der Waals surface area contributed by atoms with Crippen LogP contribution in [0, 0.1) is 0 Å². The molecule has 0 aromatic carbocycles. The Morgan fingerprint density at radius 3 is 2.38 bits per heavy atom. The highest BCUT2D eigenvalue weighted by Gasteiger charge is 2.33. The van der Waals surface area contributed by atoms with Crippen LogP contribution >= 0.6 is 0 Å². The number of hydrogen-bond donors (Lipinski definition) is 1. The molecule has 16 heavy (non-hydrogen) atoms. The van der Waals surface area contributed by atoms with Gasteiger partial charge in [0.1, 0.15) is 0 Å². The minimum absolute atomic E-state index is 0.189. The summed E-state index contributed by atoms with van der Waals surface area (Å²) >= 11 is 0. The summed E-state index contributed by atoms with van der Waals surface area (Å²) in [6.07, 6.45) is 2.73. The Labute approximate surface area is 101 Å². The maximum Gasteiger partial charge on any atom is 0.0630 e. The Kier molecular flexibility index (Phi) is 5.22. The molecule has 0 aromatic heterocycles. The van der Waals surface area contributed by atoms with Crippen LogP contribution in [0.15, 0.2) is 0 Å². The Morgan fingerprint density at radius 2 is 2.00 bits per heavy atom. The van der Waals surface area contributed by atoms with Crippen LogP contribution in [0.3, 0.4) is 0 Å². The molecule has 96 valence electrons. The highest BCUT2D eigenvalue weighted by Crippen LogP contribution is 2.28. The van der Waals surface area contributed by atoms with E-state index in [0.717, 1.165) is 25.7 Å². The Balaban J connectivity index is 2.44. The quantitative estimate of drug-likeness (QED) is 0.720. The number of ether oxygens (including phenoxy) is 1. The maximum atomic E-state index is 5.35. The molecule has 1 unspecified atom stereocenters. The van der Waals surface area contributed by atoms with Crippen LogP contribution in [-0.4, -0.2) is 49.3 Å². The maximum absolute atomic E-state index is 5.35. The van der Waals surface area contributed by atoms with Gasteiger partial charge in [-0.1, -0.05) is 6.92 Å². The first-order valence-corrected chi connectivity index (χ1v) is 6.47. The number of methoxy groups -OCH3 is 1. The molecule has 0 aromatic rings. The van der Waals surface area contributed by atoms with Gasteiger partial charge in [-0.25, -0.2) is 0 Å². The third-order valence-corrected chi connectivity index (χ3v) is 3.08. The second-order valence-corrected chi connectivity index (χ2v) is 5.80. The molecule has 0 radical (unpaired) electrons. The fourth-order valence-electron chi connectivity index (χ4n) is 2.11. The van der Waals surface area contributed by atoms with E-state index in [1.807, 2.05) is 0 Å². The summed E-state index contributed by atoms with van der Waals surface area (Å²) in [6, 6.07) is 1.33. The number of nitrogens with one attached hydrogen (secondary N) is 1. The van der Waals surface area contributed by atoms with Crippen LogP contribution in [0.25, 0.3) is 0 Å². The van der Waals surface area contributed by atoms with Crippen LogP contribution in [0.5, 0.6) is 0 Å².